The van der Waals surface area contributed by atoms with Gasteiger partial charge in [0.25, 0.3) is 0 Å². The highest BCUT2D eigenvalue weighted by Gasteiger charge is 2.18. The third-order valence-electron chi connectivity index (χ3n) is 2.31. The summed E-state index contributed by atoms with van der Waals surface area (Å²) < 4.78 is 23.8. The van der Waals surface area contributed by atoms with Gasteiger partial charge in [0, 0.05) is 11.6 Å². The first-order valence-electron chi connectivity index (χ1n) is 4.98. The maximum absolute atomic E-state index is 13.7. The molecule has 0 spiro atoms. The van der Waals surface area contributed by atoms with E-state index in [1.165, 1.54) is 20.3 Å². The fraction of sp³-hybridized carbons (Fsp3) is 0.455. The Balaban J connectivity index is 3.23. The largest absolute Gasteiger partial charge is 0.505 e. The molecule has 4 nitrogen and oxygen atoms in total. The monoisotopic (exact) mass is 229 g/mol. The van der Waals surface area contributed by atoms with Crippen LogP contribution >= 0.6 is 0 Å². The van der Waals surface area contributed by atoms with Crippen LogP contribution in [0.4, 0.5) is 4.39 Å². The third kappa shape index (κ3) is 2.36. The lowest BCUT2D eigenvalue weighted by Gasteiger charge is -2.14. The van der Waals surface area contributed by atoms with E-state index in [0.29, 0.717) is 36.4 Å². The molecule has 0 aliphatic rings. The van der Waals surface area contributed by atoms with E-state index >= 15 is 0 Å². The van der Waals surface area contributed by atoms with E-state index in [1.807, 2.05) is 0 Å². The Hall–Kier alpha value is -1.49. The van der Waals surface area contributed by atoms with Crippen molar-refractivity contribution in [1.29, 1.82) is 0 Å². The molecule has 0 fully saturated rings. The molecule has 0 amide bonds. The van der Waals surface area contributed by atoms with Gasteiger partial charge < -0.3 is 20.3 Å². The molecule has 0 atom stereocenters. The molecule has 0 aliphatic carbocycles. The van der Waals surface area contributed by atoms with Gasteiger partial charge in [-0.3, -0.25) is 0 Å². The average Bonchev–Trinajstić information content (AvgIpc) is 2.30. The van der Waals surface area contributed by atoms with Crippen molar-refractivity contribution in [1.82, 2.24) is 0 Å². The second-order valence-corrected chi connectivity index (χ2v) is 3.32. The zero-order valence-corrected chi connectivity index (χ0v) is 9.42. The number of phenols is 1. The highest BCUT2D eigenvalue weighted by molar-refractivity contribution is 5.52. The maximum Gasteiger partial charge on any atom is 0.171 e. The molecule has 0 unspecified atom stereocenters. The summed E-state index contributed by atoms with van der Waals surface area (Å²) in [6.07, 6.45) is 1.01. The van der Waals surface area contributed by atoms with Gasteiger partial charge in [0.2, 0.25) is 0 Å². The van der Waals surface area contributed by atoms with Crippen molar-refractivity contribution in [3.63, 3.8) is 0 Å². The standard InChI is InChI=1S/C11H16FNO3/c1-15-9-6-8(14)10(12)7(4-3-5-13)11(9)16-2/h6,14H,3-5,13H2,1-2H3. The second kappa shape index (κ2) is 5.55. The van der Waals surface area contributed by atoms with Crippen molar-refractivity contribution < 1.29 is 19.0 Å². The van der Waals surface area contributed by atoms with Crippen LogP contribution in [0.15, 0.2) is 6.07 Å². The van der Waals surface area contributed by atoms with Gasteiger partial charge in [0.15, 0.2) is 23.1 Å². The van der Waals surface area contributed by atoms with Crippen LogP contribution in [0.5, 0.6) is 17.2 Å². The molecule has 1 aromatic carbocycles. The summed E-state index contributed by atoms with van der Waals surface area (Å²) in [7, 11) is 2.86. The minimum absolute atomic E-state index is 0.296. The maximum atomic E-state index is 13.7. The highest BCUT2D eigenvalue weighted by Crippen LogP contribution is 2.38. The summed E-state index contributed by atoms with van der Waals surface area (Å²) in [4.78, 5) is 0. The van der Waals surface area contributed by atoms with Crippen molar-refractivity contribution in [2.45, 2.75) is 12.8 Å². The lowest BCUT2D eigenvalue weighted by molar-refractivity contribution is 0.339. The first-order valence-corrected chi connectivity index (χ1v) is 4.98. The molecule has 5 heteroatoms. The number of phenolic OH excluding ortho intramolecular Hbond substituents is 1. The molecule has 0 saturated carbocycles. The predicted octanol–water partition coefficient (Wildman–Crippen LogP) is 1.44. The molecule has 0 radical (unpaired) electrons. The van der Waals surface area contributed by atoms with Gasteiger partial charge in [0.1, 0.15) is 0 Å². The molecule has 1 aromatic rings. The smallest absolute Gasteiger partial charge is 0.171 e. The molecule has 3 N–H and O–H groups in total. The Kier molecular flexibility index (Phi) is 4.37. The first-order chi connectivity index (χ1) is 7.65. The van der Waals surface area contributed by atoms with Crippen LogP contribution in [-0.4, -0.2) is 25.9 Å². The number of aromatic hydroxyl groups is 1. The van der Waals surface area contributed by atoms with E-state index in [4.69, 9.17) is 15.2 Å². The van der Waals surface area contributed by atoms with E-state index in [1.54, 1.807) is 0 Å². The van der Waals surface area contributed by atoms with Crippen LogP contribution in [0.2, 0.25) is 0 Å². The number of hydrogen-bond acceptors (Lipinski definition) is 4. The minimum Gasteiger partial charge on any atom is -0.505 e. The third-order valence-corrected chi connectivity index (χ3v) is 2.31. The summed E-state index contributed by atoms with van der Waals surface area (Å²) in [6.45, 7) is 0.445. The topological polar surface area (TPSA) is 64.7 Å². The van der Waals surface area contributed by atoms with Crippen LogP contribution < -0.4 is 15.2 Å². The number of ether oxygens (including phenoxy) is 2. The fourth-order valence-corrected chi connectivity index (χ4v) is 1.53. The lowest BCUT2D eigenvalue weighted by atomic mass is 10.1. The van der Waals surface area contributed by atoms with Gasteiger partial charge in [-0.25, -0.2) is 4.39 Å². The average molecular weight is 229 g/mol. The van der Waals surface area contributed by atoms with Crippen LogP contribution in [0.25, 0.3) is 0 Å². The Bertz CT molecular complexity index is 369. The Labute approximate surface area is 93.8 Å². The summed E-state index contributed by atoms with van der Waals surface area (Å²) in [6, 6.07) is 1.19. The van der Waals surface area contributed by atoms with Gasteiger partial charge in [0.05, 0.1) is 14.2 Å². The zero-order valence-electron chi connectivity index (χ0n) is 9.42. The molecule has 0 saturated heterocycles. The lowest BCUT2D eigenvalue weighted by Crippen LogP contribution is -2.04. The Morgan fingerprint density at radius 3 is 2.56 bits per heavy atom. The van der Waals surface area contributed by atoms with E-state index in [9.17, 15) is 9.50 Å². The summed E-state index contributed by atoms with van der Waals surface area (Å²) in [5.74, 6) is -0.490. The summed E-state index contributed by atoms with van der Waals surface area (Å²) >= 11 is 0. The molecule has 0 aromatic heterocycles. The normalized spacial score (nSPS) is 10.2. The Morgan fingerprint density at radius 1 is 1.38 bits per heavy atom. The second-order valence-electron chi connectivity index (χ2n) is 3.32. The SMILES string of the molecule is COc1cc(O)c(F)c(CCCN)c1OC. The fourth-order valence-electron chi connectivity index (χ4n) is 1.53. The highest BCUT2D eigenvalue weighted by atomic mass is 19.1. The number of nitrogens with two attached hydrogens (primary N) is 1. The molecule has 0 bridgehead atoms. The number of rotatable bonds is 5. The van der Waals surface area contributed by atoms with Crippen LogP contribution in [0, 0.1) is 5.82 Å². The molecule has 0 heterocycles. The first kappa shape index (κ1) is 12.6. The Morgan fingerprint density at radius 2 is 2.06 bits per heavy atom. The number of halogens is 1. The van der Waals surface area contributed by atoms with E-state index in [2.05, 4.69) is 0 Å². The molecule has 90 valence electrons. The van der Waals surface area contributed by atoms with Crippen molar-refractivity contribution in [2.75, 3.05) is 20.8 Å². The van der Waals surface area contributed by atoms with Crippen LogP contribution in [0.3, 0.4) is 0 Å². The van der Waals surface area contributed by atoms with Crippen molar-refractivity contribution >= 4 is 0 Å². The van der Waals surface area contributed by atoms with E-state index in [-0.39, 0.29) is 0 Å². The van der Waals surface area contributed by atoms with Crippen molar-refractivity contribution in [3.8, 4) is 17.2 Å². The van der Waals surface area contributed by atoms with E-state index < -0.39 is 11.6 Å². The van der Waals surface area contributed by atoms with Gasteiger partial charge in [-0.1, -0.05) is 0 Å². The van der Waals surface area contributed by atoms with Crippen molar-refractivity contribution in [2.24, 2.45) is 5.73 Å². The zero-order chi connectivity index (χ0) is 12.1. The molecule has 0 aliphatic heterocycles. The molecular formula is C11H16FNO3. The minimum atomic E-state index is -0.675. The van der Waals surface area contributed by atoms with Crippen LogP contribution in [-0.2, 0) is 6.42 Å². The number of methoxy groups -OCH3 is 2. The van der Waals surface area contributed by atoms with Gasteiger partial charge in [-0.05, 0) is 19.4 Å². The number of hydrogen-bond donors (Lipinski definition) is 2. The molecule has 1 rings (SSSR count). The predicted molar refractivity (Wildman–Crippen MR) is 58.5 cm³/mol. The molecular weight excluding hydrogens is 213 g/mol. The quantitative estimate of drug-likeness (QED) is 0.801. The number of benzene rings is 1. The molecule has 16 heavy (non-hydrogen) atoms. The van der Waals surface area contributed by atoms with Crippen LogP contribution in [0.1, 0.15) is 12.0 Å². The van der Waals surface area contributed by atoms with Gasteiger partial charge >= 0.3 is 0 Å². The summed E-state index contributed by atoms with van der Waals surface area (Å²) in [5.41, 5.74) is 5.67. The summed E-state index contributed by atoms with van der Waals surface area (Å²) in [5, 5.41) is 9.39. The van der Waals surface area contributed by atoms with E-state index in [0.717, 1.165) is 0 Å². The van der Waals surface area contributed by atoms with Gasteiger partial charge in [-0.15, -0.1) is 0 Å². The van der Waals surface area contributed by atoms with Crippen molar-refractivity contribution in [3.05, 3.63) is 17.4 Å². The van der Waals surface area contributed by atoms with Gasteiger partial charge in [-0.2, -0.15) is 0 Å².